The number of rotatable bonds is 10. The number of aryl methyl sites for hydroxylation is 1. The molecule has 0 spiro atoms. The monoisotopic (exact) mass is 439 g/mol. The molecule has 1 aliphatic rings. The maximum Gasteiger partial charge on any atom is 0.222 e. The van der Waals surface area contributed by atoms with Crippen molar-refractivity contribution in [3.63, 3.8) is 0 Å². The third kappa shape index (κ3) is 5.67. The number of aromatic nitrogens is 2. The summed E-state index contributed by atoms with van der Waals surface area (Å²) >= 11 is 6.04. The summed E-state index contributed by atoms with van der Waals surface area (Å²) in [7, 11) is 1.91. The van der Waals surface area contributed by atoms with Crippen LogP contribution in [0.2, 0.25) is 5.02 Å². The van der Waals surface area contributed by atoms with Crippen molar-refractivity contribution in [2.24, 2.45) is 13.0 Å². The van der Waals surface area contributed by atoms with Crippen molar-refractivity contribution < 1.29 is 9.84 Å². The van der Waals surface area contributed by atoms with Crippen LogP contribution in [-0.4, -0.2) is 39.0 Å². The van der Waals surface area contributed by atoms with Crippen molar-refractivity contribution in [2.75, 3.05) is 13.1 Å². The van der Waals surface area contributed by atoms with Crippen LogP contribution in [0.4, 0.5) is 0 Å². The van der Waals surface area contributed by atoms with Gasteiger partial charge in [-0.3, -0.25) is 4.90 Å². The molecule has 2 aromatic carbocycles. The van der Waals surface area contributed by atoms with Crippen LogP contribution in [0.25, 0.3) is 11.3 Å². The van der Waals surface area contributed by atoms with Gasteiger partial charge in [-0.25, -0.2) is 4.68 Å². The lowest BCUT2D eigenvalue weighted by atomic mass is 10.1. The molecule has 0 radical (unpaired) electrons. The predicted octanol–water partition coefficient (Wildman–Crippen LogP) is 5.52. The Bertz CT molecular complexity index is 984. The number of benzene rings is 2. The summed E-state index contributed by atoms with van der Waals surface area (Å²) in [6, 6.07) is 17.6. The summed E-state index contributed by atoms with van der Waals surface area (Å²) in [6.45, 7) is 4.33. The molecule has 5 nitrogen and oxygen atoms in total. The van der Waals surface area contributed by atoms with Gasteiger partial charge >= 0.3 is 0 Å². The highest BCUT2D eigenvalue weighted by Crippen LogP contribution is 2.36. The van der Waals surface area contributed by atoms with E-state index in [1.807, 2.05) is 56.4 Å². The van der Waals surface area contributed by atoms with Crippen molar-refractivity contribution in [3.05, 3.63) is 65.2 Å². The molecule has 1 fully saturated rings. The first kappa shape index (κ1) is 21.9. The standard InChI is InChI=1S/C25H30ClN3O2/c1-3-21(30)16-29(15-18-9-10-18)17-23-24(19-7-5-4-6-8-19)27-28(2)25(23)31-22-13-11-20(26)12-14-22/h4-8,11-14,18,21,30H,3,9-10,15-17H2,1-2H3/t21-/m1/s1. The minimum atomic E-state index is -0.337. The van der Waals surface area contributed by atoms with Crippen molar-refractivity contribution in [3.8, 4) is 22.9 Å². The fraction of sp³-hybridized carbons (Fsp3) is 0.400. The van der Waals surface area contributed by atoms with E-state index in [0.717, 1.165) is 41.5 Å². The topological polar surface area (TPSA) is 50.5 Å². The van der Waals surface area contributed by atoms with Crippen LogP contribution >= 0.6 is 11.6 Å². The molecule has 0 saturated heterocycles. The first-order chi connectivity index (χ1) is 15.0. The molecule has 0 bridgehead atoms. The van der Waals surface area contributed by atoms with E-state index < -0.39 is 0 Å². The van der Waals surface area contributed by atoms with Crippen LogP contribution in [0.5, 0.6) is 11.6 Å². The Kier molecular flexibility index (Phi) is 6.96. The summed E-state index contributed by atoms with van der Waals surface area (Å²) < 4.78 is 8.11. The maximum atomic E-state index is 10.4. The van der Waals surface area contributed by atoms with E-state index in [-0.39, 0.29) is 6.10 Å². The van der Waals surface area contributed by atoms with Gasteiger partial charge in [-0.15, -0.1) is 0 Å². The highest BCUT2D eigenvalue weighted by atomic mass is 35.5. The summed E-state index contributed by atoms with van der Waals surface area (Å²) in [5, 5.41) is 15.8. The first-order valence-electron chi connectivity index (χ1n) is 11.0. The third-order valence-electron chi connectivity index (χ3n) is 5.70. The molecule has 4 rings (SSSR count). The Morgan fingerprint density at radius 2 is 1.87 bits per heavy atom. The van der Waals surface area contributed by atoms with Crippen molar-refractivity contribution in [1.82, 2.24) is 14.7 Å². The van der Waals surface area contributed by atoms with Gasteiger partial charge in [0.25, 0.3) is 0 Å². The molecular formula is C25H30ClN3O2. The normalized spacial score (nSPS) is 14.7. The average Bonchev–Trinajstić information content (AvgIpc) is 3.54. The molecule has 6 heteroatoms. The molecule has 0 amide bonds. The van der Waals surface area contributed by atoms with Gasteiger partial charge in [-0.05, 0) is 49.4 Å². The Morgan fingerprint density at radius 3 is 2.52 bits per heavy atom. The summed E-state index contributed by atoms with van der Waals surface area (Å²) in [5.74, 6) is 2.16. The lowest BCUT2D eigenvalue weighted by molar-refractivity contribution is 0.102. The van der Waals surface area contributed by atoms with Gasteiger partial charge in [0, 0.05) is 37.3 Å². The van der Waals surface area contributed by atoms with Crippen LogP contribution in [0.3, 0.4) is 0 Å². The van der Waals surface area contributed by atoms with E-state index in [9.17, 15) is 5.11 Å². The Hall–Kier alpha value is -2.34. The second kappa shape index (κ2) is 9.86. The number of nitrogens with zero attached hydrogens (tertiary/aromatic N) is 3. The van der Waals surface area contributed by atoms with Crippen LogP contribution in [0, 0.1) is 5.92 Å². The summed E-state index contributed by atoms with van der Waals surface area (Å²) in [4.78, 5) is 2.35. The zero-order valence-corrected chi connectivity index (χ0v) is 18.9. The van der Waals surface area contributed by atoms with Gasteiger partial charge in [-0.2, -0.15) is 5.10 Å². The SMILES string of the molecule is CC[C@@H](O)CN(Cc1c(-c2ccccc2)nn(C)c1Oc1ccc(Cl)cc1)CC1CC1. The quantitative estimate of drug-likeness (QED) is 0.452. The third-order valence-corrected chi connectivity index (χ3v) is 5.95. The van der Waals surface area contributed by atoms with E-state index in [1.165, 1.54) is 12.8 Å². The summed E-state index contributed by atoms with van der Waals surface area (Å²) in [5.41, 5.74) is 3.01. The summed E-state index contributed by atoms with van der Waals surface area (Å²) in [6.07, 6.45) is 2.95. The first-order valence-corrected chi connectivity index (χ1v) is 11.4. The van der Waals surface area contributed by atoms with Crippen molar-refractivity contribution in [2.45, 2.75) is 38.8 Å². The zero-order chi connectivity index (χ0) is 21.8. The molecule has 31 heavy (non-hydrogen) atoms. The molecule has 164 valence electrons. The molecule has 1 atom stereocenters. The van der Waals surface area contributed by atoms with E-state index in [0.29, 0.717) is 24.0 Å². The van der Waals surface area contributed by atoms with Crippen LogP contribution in [-0.2, 0) is 13.6 Å². The Labute approximate surface area is 189 Å². The Morgan fingerprint density at radius 1 is 1.16 bits per heavy atom. The molecular weight excluding hydrogens is 410 g/mol. The number of aliphatic hydroxyl groups is 1. The number of aliphatic hydroxyl groups excluding tert-OH is 1. The number of ether oxygens (including phenoxy) is 1. The van der Waals surface area contributed by atoms with E-state index in [1.54, 1.807) is 4.68 Å². The largest absolute Gasteiger partial charge is 0.439 e. The van der Waals surface area contributed by atoms with Gasteiger partial charge in [0.15, 0.2) is 0 Å². The highest BCUT2D eigenvalue weighted by molar-refractivity contribution is 6.30. The van der Waals surface area contributed by atoms with Gasteiger partial charge in [-0.1, -0.05) is 48.9 Å². The smallest absolute Gasteiger partial charge is 0.222 e. The lowest BCUT2D eigenvalue weighted by Crippen LogP contribution is -2.33. The molecule has 1 aliphatic carbocycles. The fourth-order valence-corrected chi connectivity index (χ4v) is 3.91. The molecule has 0 unspecified atom stereocenters. The van der Waals surface area contributed by atoms with Crippen LogP contribution < -0.4 is 4.74 Å². The van der Waals surface area contributed by atoms with Gasteiger partial charge < -0.3 is 9.84 Å². The second-order valence-corrected chi connectivity index (χ2v) is 8.81. The maximum absolute atomic E-state index is 10.4. The lowest BCUT2D eigenvalue weighted by Gasteiger charge is -2.25. The van der Waals surface area contributed by atoms with Crippen molar-refractivity contribution >= 4 is 11.6 Å². The van der Waals surface area contributed by atoms with Crippen LogP contribution in [0.15, 0.2) is 54.6 Å². The zero-order valence-electron chi connectivity index (χ0n) is 18.2. The molecule has 1 heterocycles. The van der Waals surface area contributed by atoms with Gasteiger partial charge in [0.1, 0.15) is 11.4 Å². The molecule has 0 aliphatic heterocycles. The average molecular weight is 440 g/mol. The number of hydrogen-bond donors (Lipinski definition) is 1. The minimum absolute atomic E-state index is 0.337. The fourth-order valence-electron chi connectivity index (χ4n) is 3.78. The van der Waals surface area contributed by atoms with E-state index in [2.05, 4.69) is 17.0 Å². The predicted molar refractivity (Wildman–Crippen MR) is 124 cm³/mol. The molecule has 1 aromatic heterocycles. The second-order valence-electron chi connectivity index (χ2n) is 8.38. The van der Waals surface area contributed by atoms with Gasteiger partial charge in [0.05, 0.1) is 11.7 Å². The molecule has 1 N–H and O–H groups in total. The highest BCUT2D eigenvalue weighted by Gasteiger charge is 2.28. The van der Waals surface area contributed by atoms with E-state index in [4.69, 9.17) is 21.4 Å². The van der Waals surface area contributed by atoms with Gasteiger partial charge in [0.2, 0.25) is 5.88 Å². The van der Waals surface area contributed by atoms with E-state index >= 15 is 0 Å². The molecule has 1 saturated carbocycles. The minimum Gasteiger partial charge on any atom is -0.439 e. The number of hydrogen-bond acceptors (Lipinski definition) is 4. The number of halogens is 1. The van der Waals surface area contributed by atoms with Crippen LogP contribution in [0.1, 0.15) is 31.7 Å². The van der Waals surface area contributed by atoms with Crippen molar-refractivity contribution in [1.29, 1.82) is 0 Å². The Balaban J connectivity index is 1.70. The molecule has 3 aromatic rings.